The minimum Gasteiger partial charge on any atom is -0.388 e. The Kier molecular flexibility index (Phi) is 4.61. The number of aryl methyl sites for hydroxylation is 1. The summed E-state index contributed by atoms with van der Waals surface area (Å²) in [6.45, 7) is 0.622. The molecule has 0 radical (unpaired) electrons. The molecule has 0 bridgehead atoms. The first-order valence-corrected chi connectivity index (χ1v) is 8.75. The zero-order valence-electron chi connectivity index (χ0n) is 14.6. The largest absolute Gasteiger partial charge is 0.438 e. The van der Waals surface area contributed by atoms with E-state index in [0.29, 0.717) is 12.1 Å². The highest BCUT2D eigenvalue weighted by molar-refractivity contribution is 5.51. The number of terminal acetylenes is 1. The average molecular weight is 363 g/mol. The van der Waals surface area contributed by atoms with E-state index in [-0.39, 0.29) is 24.4 Å². The molecule has 0 aliphatic heterocycles. The first kappa shape index (κ1) is 17.3. The number of nitrogens with zero attached hydrogens (tertiary/aromatic N) is 3. The van der Waals surface area contributed by atoms with Crippen molar-refractivity contribution in [3.8, 4) is 23.8 Å². The van der Waals surface area contributed by atoms with Crippen LogP contribution in [0, 0.1) is 18.2 Å². The number of rotatable bonds is 5. The molecule has 2 aromatic carbocycles. The maximum absolute atomic E-state index is 13.1. The molecule has 0 fully saturated rings. The second-order valence-corrected chi connectivity index (χ2v) is 6.53. The first-order valence-electron chi connectivity index (χ1n) is 8.75. The number of benzene rings is 2. The lowest BCUT2D eigenvalue weighted by atomic mass is 10.1. The highest BCUT2D eigenvalue weighted by Gasteiger charge is 2.28. The van der Waals surface area contributed by atoms with Crippen molar-refractivity contribution < 1.29 is 8.81 Å². The molecule has 3 aromatic rings. The molecule has 1 aliphatic rings. The molecule has 4 rings (SSSR count). The van der Waals surface area contributed by atoms with Gasteiger partial charge in [-0.2, -0.15) is 4.68 Å². The third-order valence-corrected chi connectivity index (χ3v) is 4.85. The van der Waals surface area contributed by atoms with Crippen molar-refractivity contribution >= 4 is 0 Å². The van der Waals surface area contributed by atoms with Gasteiger partial charge in [-0.25, -0.2) is 9.18 Å². The quantitative estimate of drug-likeness (QED) is 0.653. The summed E-state index contributed by atoms with van der Waals surface area (Å²) in [5.41, 5.74) is 3.09. The van der Waals surface area contributed by atoms with Gasteiger partial charge in [0.05, 0.1) is 6.54 Å². The van der Waals surface area contributed by atoms with Crippen LogP contribution in [-0.4, -0.2) is 21.2 Å². The molecule has 136 valence electrons. The van der Waals surface area contributed by atoms with Gasteiger partial charge in [-0.1, -0.05) is 30.2 Å². The average Bonchev–Trinajstić information content (AvgIpc) is 3.26. The predicted octanol–water partition coefficient (Wildman–Crippen LogP) is 3.22. The molecule has 0 N–H and O–H groups in total. The number of hydrogen-bond acceptors (Lipinski definition) is 4. The molecule has 0 saturated carbocycles. The maximum atomic E-state index is 13.1. The summed E-state index contributed by atoms with van der Waals surface area (Å²) in [6.07, 6.45) is 7.49. The lowest BCUT2D eigenvalue weighted by Gasteiger charge is -2.26. The van der Waals surface area contributed by atoms with E-state index in [1.807, 2.05) is 17.0 Å². The summed E-state index contributed by atoms with van der Waals surface area (Å²) in [6, 6.07) is 14.1. The van der Waals surface area contributed by atoms with E-state index >= 15 is 0 Å². The van der Waals surface area contributed by atoms with Crippen LogP contribution in [-0.2, 0) is 13.1 Å². The lowest BCUT2D eigenvalue weighted by molar-refractivity contribution is 0.158. The molecule has 0 spiro atoms. The van der Waals surface area contributed by atoms with Crippen LogP contribution in [0.3, 0.4) is 0 Å². The van der Waals surface area contributed by atoms with Crippen molar-refractivity contribution in [3.63, 3.8) is 0 Å². The molecule has 5 nitrogen and oxygen atoms in total. The topological polar surface area (TPSA) is 51.3 Å². The van der Waals surface area contributed by atoms with Gasteiger partial charge in [0.15, 0.2) is 0 Å². The Bertz CT molecular complexity index is 1050. The molecule has 1 heterocycles. The standard InChI is InChI=1S/C21H18FN3O2/c1-2-13-24(19-12-9-15-5-3-4-6-18(15)19)14-25-21(26)27-20(23-25)16-7-10-17(22)11-8-16/h1,3-8,10-11,19H,9,12-14H2. The molecule has 0 saturated heterocycles. The third kappa shape index (κ3) is 3.42. The molecule has 27 heavy (non-hydrogen) atoms. The van der Waals surface area contributed by atoms with E-state index in [0.717, 1.165) is 12.8 Å². The number of aromatic nitrogens is 2. The van der Waals surface area contributed by atoms with Gasteiger partial charge in [-0.3, -0.25) is 4.90 Å². The number of fused-ring (bicyclic) bond motifs is 1. The van der Waals surface area contributed by atoms with E-state index < -0.39 is 5.76 Å². The summed E-state index contributed by atoms with van der Waals surface area (Å²) in [5.74, 6) is 1.90. The molecule has 1 aromatic heterocycles. The number of hydrogen-bond donors (Lipinski definition) is 0. The summed E-state index contributed by atoms with van der Waals surface area (Å²) in [4.78, 5) is 14.3. The van der Waals surface area contributed by atoms with Crippen LogP contribution in [0.2, 0.25) is 0 Å². The second kappa shape index (κ2) is 7.22. The van der Waals surface area contributed by atoms with Gasteiger partial charge in [0.1, 0.15) is 12.5 Å². The van der Waals surface area contributed by atoms with Crippen LogP contribution in [0.5, 0.6) is 0 Å². The molecule has 1 unspecified atom stereocenters. The monoisotopic (exact) mass is 363 g/mol. The van der Waals surface area contributed by atoms with Crippen LogP contribution >= 0.6 is 0 Å². The molecule has 1 aliphatic carbocycles. The van der Waals surface area contributed by atoms with Crippen molar-refractivity contribution in [2.24, 2.45) is 0 Å². The van der Waals surface area contributed by atoms with E-state index in [9.17, 15) is 9.18 Å². The predicted molar refractivity (Wildman–Crippen MR) is 99.2 cm³/mol. The summed E-state index contributed by atoms with van der Waals surface area (Å²) < 4.78 is 19.6. The highest BCUT2D eigenvalue weighted by atomic mass is 19.1. The van der Waals surface area contributed by atoms with Crippen LogP contribution in [0.1, 0.15) is 23.6 Å². The molecular formula is C21H18FN3O2. The van der Waals surface area contributed by atoms with Crippen molar-refractivity contribution in [2.45, 2.75) is 25.6 Å². The molecular weight excluding hydrogens is 345 g/mol. The minimum absolute atomic E-state index is 0.134. The fourth-order valence-electron chi connectivity index (χ4n) is 3.57. The van der Waals surface area contributed by atoms with Crippen molar-refractivity contribution in [2.75, 3.05) is 6.54 Å². The van der Waals surface area contributed by atoms with Crippen LogP contribution in [0.15, 0.2) is 57.7 Å². The Morgan fingerprint density at radius 2 is 2.04 bits per heavy atom. The first-order chi connectivity index (χ1) is 13.2. The number of halogens is 1. The Morgan fingerprint density at radius 3 is 2.81 bits per heavy atom. The van der Waals surface area contributed by atoms with Gasteiger partial charge in [-0.15, -0.1) is 11.5 Å². The van der Waals surface area contributed by atoms with Crippen molar-refractivity contribution in [3.05, 3.63) is 76.0 Å². The SMILES string of the molecule is C#CCN(Cn1nc(-c2ccc(F)cc2)oc1=O)C1CCc2ccccc21. The van der Waals surface area contributed by atoms with Gasteiger partial charge in [-0.05, 0) is 48.2 Å². The molecule has 6 heteroatoms. The molecule has 1 atom stereocenters. The Labute approximate surface area is 156 Å². The fourth-order valence-corrected chi connectivity index (χ4v) is 3.57. The van der Waals surface area contributed by atoms with Gasteiger partial charge in [0, 0.05) is 11.6 Å². The van der Waals surface area contributed by atoms with E-state index in [1.54, 1.807) is 0 Å². The van der Waals surface area contributed by atoms with Crippen LogP contribution < -0.4 is 5.76 Å². The van der Waals surface area contributed by atoms with Gasteiger partial charge >= 0.3 is 5.76 Å². The summed E-state index contributed by atoms with van der Waals surface area (Å²) >= 11 is 0. The minimum atomic E-state index is -0.567. The van der Waals surface area contributed by atoms with E-state index in [4.69, 9.17) is 10.8 Å². The van der Waals surface area contributed by atoms with Crippen LogP contribution in [0.25, 0.3) is 11.5 Å². The van der Waals surface area contributed by atoms with Gasteiger partial charge in [0.2, 0.25) is 5.89 Å². The van der Waals surface area contributed by atoms with E-state index in [1.165, 1.54) is 40.1 Å². The maximum Gasteiger partial charge on any atom is 0.438 e. The second-order valence-electron chi connectivity index (χ2n) is 6.53. The Hall–Kier alpha value is -3.17. The summed E-state index contributed by atoms with van der Waals surface area (Å²) in [5, 5.41) is 4.26. The molecule has 0 amide bonds. The lowest BCUT2D eigenvalue weighted by Crippen LogP contribution is -2.34. The van der Waals surface area contributed by atoms with Crippen molar-refractivity contribution in [1.29, 1.82) is 0 Å². The zero-order chi connectivity index (χ0) is 18.8. The normalized spacial score (nSPS) is 15.7. The van der Waals surface area contributed by atoms with Crippen LogP contribution in [0.4, 0.5) is 4.39 Å². The smallest absolute Gasteiger partial charge is 0.388 e. The van der Waals surface area contributed by atoms with Gasteiger partial charge < -0.3 is 4.42 Å². The van der Waals surface area contributed by atoms with Crippen molar-refractivity contribution in [1.82, 2.24) is 14.7 Å². The third-order valence-electron chi connectivity index (χ3n) is 4.85. The fraction of sp³-hybridized carbons (Fsp3) is 0.238. The highest BCUT2D eigenvalue weighted by Crippen LogP contribution is 2.35. The summed E-state index contributed by atoms with van der Waals surface area (Å²) in [7, 11) is 0. The Balaban J connectivity index is 1.61. The Morgan fingerprint density at radius 1 is 1.26 bits per heavy atom. The van der Waals surface area contributed by atoms with Gasteiger partial charge in [0.25, 0.3) is 0 Å². The zero-order valence-corrected chi connectivity index (χ0v) is 14.6. The van der Waals surface area contributed by atoms with E-state index in [2.05, 4.69) is 23.2 Å².